The molecule has 4 nitrogen and oxygen atoms in total. The van der Waals surface area contributed by atoms with E-state index in [1.807, 2.05) is 19.1 Å². The third kappa shape index (κ3) is 4.08. The predicted molar refractivity (Wildman–Crippen MR) is 77.9 cm³/mol. The lowest BCUT2D eigenvalue weighted by molar-refractivity contribution is 0.0595. The van der Waals surface area contributed by atoms with Crippen molar-refractivity contribution < 1.29 is 18.3 Å². The first kappa shape index (κ1) is 15.1. The van der Waals surface area contributed by atoms with Crippen molar-refractivity contribution in [2.24, 2.45) is 0 Å². The molecule has 112 valence electrons. The molecule has 0 saturated heterocycles. The number of aryl methyl sites for hydroxylation is 1. The molecular weight excluding hydrogens is 273 g/mol. The molecule has 2 rings (SSSR count). The maximum atomic E-state index is 13.5. The van der Waals surface area contributed by atoms with Crippen LogP contribution >= 0.6 is 0 Å². The second-order valence-corrected chi connectivity index (χ2v) is 4.85. The Bertz CT molecular complexity index is 596. The number of methoxy groups -OCH3 is 1. The van der Waals surface area contributed by atoms with Gasteiger partial charge in [0, 0.05) is 18.2 Å². The Labute approximate surface area is 122 Å². The molecule has 1 aromatic heterocycles. The zero-order valence-corrected chi connectivity index (χ0v) is 12.1. The minimum Gasteiger partial charge on any atom is -0.469 e. The number of rotatable bonds is 6. The van der Waals surface area contributed by atoms with E-state index in [1.165, 1.54) is 19.2 Å². The summed E-state index contributed by atoms with van der Waals surface area (Å²) in [7, 11) is 1.23. The van der Waals surface area contributed by atoms with E-state index in [4.69, 9.17) is 4.42 Å². The molecule has 0 aliphatic rings. The molecule has 1 aromatic carbocycles. The molecule has 0 bridgehead atoms. The number of furan rings is 1. The van der Waals surface area contributed by atoms with Crippen LogP contribution in [0.2, 0.25) is 0 Å². The van der Waals surface area contributed by atoms with Gasteiger partial charge in [-0.3, -0.25) is 0 Å². The van der Waals surface area contributed by atoms with Crippen LogP contribution in [0, 0.1) is 5.82 Å². The molecule has 1 N–H and O–H groups in total. The van der Waals surface area contributed by atoms with E-state index >= 15 is 0 Å². The maximum Gasteiger partial charge on any atom is 0.340 e. The van der Waals surface area contributed by atoms with Crippen molar-refractivity contribution in [1.29, 1.82) is 0 Å². The topological polar surface area (TPSA) is 51.5 Å². The molecular formula is C16H18FNO3. The highest BCUT2D eigenvalue weighted by atomic mass is 19.1. The van der Waals surface area contributed by atoms with Gasteiger partial charge < -0.3 is 14.5 Å². The van der Waals surface area contributed by atoms with Gasteiger partial charge in [0.15, 0.2) is 0 Å². The summed E-state index contributed by atoms with van der Waals surface area (Å²) < 4.78 is 23.4. The van der Waals surface area contributed by atoms with E-state index < -0.39 is 11.8 Å². The maximum absolute atomic E-state index is 13.5. The first-order valence-corrected chi connectivity index (χ1v) is 6.77. The molecule has 1 atom stereocenters. The Balaban J connectivity index is 1.97. The van der Waals surface area contributed by atoms with Gasteiger partial charge in [-0.2, -0.15) is 0 Å². The Kier molecular flexibility index (Phi) is 4.98. The predicted octanol–water partition coefficient (Wildman–Crippen LogP) is 3.64. The van der Waals surface area contributed by atoms with Gasteiger partial charge in [-0.25, -0.2) is 9.18 Å². The molecule has 1 unspecified atom stereocenters. The van der Waals surface area contributed by atoms with E-state index in [9.17, 15) is 9.18 Å². The molecule has 0 amide bonds. The lowest BCUT2D eigenvalue weighted by Gasteiger charge is -2.15. The largest absolute Gasteiger partial charge is 0.469 e. The SMILES string of the molecule is COC(=O)c1cc(NC(C)CCc2ccco2)ccc1F. The van der Waals surface area contributed by atoms with Gasteiger partial charge in [-0.15, -0.1) is 0 Å². The fraction of sp³-hybridized carbons (Fsp3) is 0.312. The average Bonchev–Trinajstić information content (AvgIpc) is 2.99. The van der Waals surface area contributed by atoms with Crippen LogP contribution in [0.1, 0.15) is 29.5 Å². The Morgan fingerprint density at radius 3 is 2.90 bits per heavy atom. The summed E-state index contributed by atoms with van der Waals surface area (Å²) in [6, 6.07) is 8.27. The highest BCUT2D eigenvalue weighted by Crippen LogP contribution is 2.17. The Morgan fingerprint density at radius 2 is 2.24 bits per heavy atom. The molecule has 21 heavy (non-hydrogen) atoms. The van der Waals surface area contributed by atoms with Crippen molar-refractivity contribution in [2.45, 2.75) is 25.8 Å². The fourth-order valence-electron chi connectivity index (χ4n) is 2.05. The van der Waals surface area contributed by atoms with Crippen LogP contribution in [0.25, 0.3) is 0 Å². The molecule has 0 aliphatic heterocycles. The summed E-state index contributed by atoms with van der Waals surface area (Å²) in [5, 5.41) is 3.23. The normalized spacial score (nSPS) is 12.0. The van der Waals surface area contributed by atoms with Crippen LogP contribution in [0.4, 0.5) is 10.1 Å². The highest BCUT2D eigenvalue weighted by Gasteiger charge is 2.13. The van der Waals surface area contributed by atoms with Crippen molar-refractivity contribution in [3.05, 3.63) is 53.7 Å². The van der Waals surface area contributed by atoms with Gasteiger partial charge in [-0.05, 0) is 43.7 Å². The van der Waals surface area contributed by atoms with Gasteiger partial charge in [-0.1, -0.05) is 0 Å². The standard InChI is InChI=1S/C16H18FNO3/c1-11(5-7-13-4-3-9-21-13)18-12-6-8-15(17)14(10-12)16(19)20-2/h3-4,6,8-11,18H,5,7H2,1-2H3. The van der Waals surface area contributed by atoms with Gasteiger partial charge in [0.1, 0.15) is 11.6 Å². The minimum absolute atomic E-state index is 0.0688. The number of benzene rings is 1. The Morgan fingerprint density at radius 1 is 1.43 bits per heavy atom. The Hall–Kier alpha value is -2.30. The van der Waals surface area contributed by atoms with Crippen molar-refractivity contribution in [2.75, 3.05) is 12.4 Å². The number of carbonyl (C=O) groups is 1. The third-order valence-electron chi connectivity index (χ3n) is 3.19. The number of anilines is 1. The molecule has 0 aliphatic carbocycles. The molecule has 0 spiro atoms. The van der Waals surface area contributed by atoms with Gasteiger partial charge in [0.2, 0.25) is 0 Å². The number of nitrogens with one attached hydrogen (secondary N) is 1. The molecule has 0 radical (unpaired) electrons. The van der Waals surface area contributed by atoms with Crippen LogP contribution in [-0.4, -0.2) is 19.1 Å². The molecule has 5 heteroatoms. The van der Waals surface area contributed by atoms with Crippen molar-refractivity contribution >= 4 is 11.7 Å². The number of halogens is 1. The first-order chi connectivity index (χ1) is 10.1. The lowest BCUT2D eigenvalue weighted by atomic mass is 10.1. The zero-order chi connectivity index (χ0) is 15.2. The van der Waals surface area contributed by atoms with Crippen LogP contribution in [0.3, 0.4) is 0 Å². The summed E-state index contributed by atoms with van der Waals surface area (Å²) in [5.41, 5.74) is 0.615. The van der Waals surface area contributed by atoms with Crippen molar-refractivity contribution in [3.63, 3.8) is 0 Å². The highest BCUT2D eigenvalue weighted by molar-refractivity contribution is 5.90. The second-order valence-electron chi connectivity index (χ2n) is 4.85. The van der Waals surface area contributed by atoms with Gasteiger partial charge in [0.25, 0.3) is 0 Å². The third-order valence-corrected chi connectivity index (χ3v) is 3.19. The number of hydrogen-bond acceptors (Lipinski definition) is 4. The minimum atomic E-state index is -0.681. The van der Waals surface area contributed by atoms with Crippen LogP contribution in [0.5, 0.6) is 0 Å². The number of carbonyl (C=O) groups excluding carboxylic acids is 1. The van der Waals surface area contributed by atoms with Gasteiger partial charge >= 0.3 is 5.97 Å². The van der Waals surface area contributed by atoms with Crippen molar-refractivity contribution in [1.82, 2.24) is 0 Å². The van der Waals surface area contributed by atoms with Crippen LogP contribution < -0.4 is 5.32 Å². The number of ether oxygens (including phenoxy) is 1. The summed E-state index contributed by atoms with van der Waals surface area (Å²) in [4.78, 5) is 11.5. The van der Waals surface area contributed by atoms with Crippen molar-refractivity contribution in [3.8, 4) is 0 Å². The summed E-state index contributed by atoms with van der Waals surface area (Å²) in [6.45, 7) is 2.02. The zero-order valence-electron chi connectivity index (χ0n) is 12.1. The van der Waals surface area contributed by atoms with E-state index in [0.29, 0.717) is 5.69 Å². The van der Waals surface area contributed by atoms with E-state index in [1.54, 1.807) is 12.3 Å². The number of hydrogen-bond donors (Lipinski definition) is 1. The van der Waals surface area contributed by atoms with E-state index in [0.717, 1.165) is 18.6 Å². The monoisotopic (exact) mass is 291 g/mol. The summed E-state index contributed by atoms with van der Waals surface area (Å²) >= 11 is 0. The summed E-state index contributed by atoms with van der Waals surface area (Å²) in [5.74, 6) is -0.340. The second kappa shape index (κ2) is 6.92. The van der Waals surface area contributed by atoms with Crippen LogP contribution in [0.15, 0.2) is 41.0 Å². The summed E-state index contributed by atoms with van der Waals surface area (Å²) in [6.07, 6.45) is 3.32. The molecule has 0 fully saturated rings. The average molecular weight is 291 g/mol. The van der Waals surface area contributed by atoms with Crippen LogP contribution in [-0.2, 0) is 11.2 Å². The smallest absolute Gasteiger partial charge is 0.340 e. The first-order valence-electron chi connectivity index (χ1n) is 6.77. The number of esters is 1. The molecule has 2 aromatic rings. The fourth-order valence-corrected chi connectivity index (χ4v) is 2.05. The quantitative estimate of drug-likeness (QED) is 0.826. The van der Waals surface area contributed by atoms with Gasteiger partial charge in [0.05, 0.1) is 18.9 Å². The lowest BCUT2D eigenvalue weighted by Crippen LogP contribution is -2.16. The molecule has 0 saturated carbocycles. The van der Waals surface area contributed by atoms with E-state index in [-0.39, 0.29) is 11.6 Å². The molecule has 1 heterocycles. The van der Waals surface area contributed by atoms with E-state index in [2.05, 4.69) is 10.1 Å².